The molecule has 0 aliphatic carbocycles. The lowest BCUT2D eigenvalue weighted by Crippen LogP contribution is -2.36. The van der Waals surface area contributed by atoms with Crippen molar-refractivity contribution in [1.29, 1.82) is 0 Å². The van der Waals surface area contributed by atoms with Gasteiger partial charge >= 0.3 is 0 Å². The first-order valence-corrected chi connectivity index (χ1v) is 10.5. The molecule has 27 heavy (non-hydrogen) atoms. The molecular weight excluding hydrogens is 400 g/mol. The molecule has 140 valence electrons. The molecule has 2 aromatic rings. The molecule has 1 aromatic heterocycles. The highest BCUT2D eigenvalue weighted by Gasteiger charge is 2.33. The minimum absolute atomic E-state index is 0.138. The highest BCUT2D eigenvalue weighted by molar-refractivity contribution is 8.26. The molecule has 0 radical (unpaired) electrons. The largest absolute Gasteiger partial charge is 0.299 e. The van der Waals surface area contributed by atoms with E-state index in [-0.39, 0.29) is 18.4 Å². The van der Waals surface area contributed by atoms with E-state index in [1.165, 1.54) is 28.0 Å². The van der Waals surface area contributed by atoms with Crippen molar-refractivity contribution in [2.24, 2.45) is 0 Å². The van der Waals surface area contributed by atoms with Gasteiger partial charge in [0.2, 0.25) is 11.0 Å². The minimum Gasteiger partial charge on any atom is -0.299 e. The Balaban J connectivity index is 1.60. The van der Waals surface area contributed by atoms with Gasteiger partial charge in [-0.25, -0.2) is 0 Å². The van der Waals surface area contributed by atoms with E-state index in [2.05, 4.69) is 22.4 Å². The highest BCUT2D eigenvalue weighted by atomic mass is 32.2. The number of anilines is 1. The molecule has 1 N–H and O–H groups in total. The van der Waals surface area contributed by atoms with E-state index in [4.69, 9.17) is 12.2 Å². The molecular formula is C18H18N4O2S3. The Morgan fingerprint density at radius 2 is 2.07 bits per heavy atom. The first-order chi connectivity index (χ1) is 13.1. The molecule has 2 amide bonds. The van der Waals surface area contributed by atoms with Crippen molar-refractivity contribution < 1.29 is 9.59 Å². The van der Waals surface area contributed by atoms with Gasteiger partial charge in [-0.1, -0.05) is 79.0 Å². The summed E-state index contributed by atoms with van der Waals surface area (Å²) in [5, 5.41) is 12.1. The lowest BCUT2D eigenvalue weighted by Gasteiger charge is -2.13. The summed E-state index contributed by atoms with van der Waals surface area (Å²) in [6.45, 7) is 1.97. The summed E-state index contributed by atoms with van der Waals surface area (Å²) in [4.78, 5) is 26.7. The van der Waals surface area contributed by atoms with E-state index in [0.29, 0.717) is 14.4 Å². The Labute approximate surface area is 171 Å². The van der Waals surface area contributed by atoms with Crippen molar-refractivity contribution in [3.8, 4) is 0 Å². The van der Waals surface area contributed by atoms with Crippen LogP contribution in [0.3, 0.4) is 0 Å². The fourth-order valence-corrected chi connectivity index (χ4v) is 4.43. The number of aromatic nitrogens is 2. The number of carbonyl (C=O) groups excluding carboxylic acids is 2. The second-order valence-corrected chi connectivity index (χ2v) is 8.57. The van der Waals surface area contributed by atoms with Gasteiger partial charge in [-0.15, -0.1) is 10.2 Å². The lowest BCUT2D eigenvalue weighted by atomic mass is 10.2. The fourth-order valence-electron chi connectivity index (χ4n) is 2.37. The lowest BCUT2D eigenvalue weighted by molar-refractivity contribution is -0.126. The molecule has 0 bridgehead atoms. The molecule has 1 aliphatic heterocycles. The molecule has 0 unspecified atom stereocenters. The van der Waals surface area contributed by atoms with E-state index >= 15 is 0 Å². The number of aryl methyl sites for hydroxylation is 1. The SMILES string of the molecule is CCCCc1nnc(NC(=O)CN2C(=O)/C(=C/c3ccccc3)SC2=S)s1. The van der Waals surface area contributed by atoms with Gasteiger partial charge in [0.15, 0.2) is 0 Å². The van der Waals surface area contributed by atoms with Crippen LogP contribution < -0.4 is 5.32 Å². The van der Waals surface area contributed by atoms with Gasteiger partial charge in [0.05, 0.1) is 4.91 Å². The van der Waals surface area contributed by atoms with Crippen LogP contribution in [0.1, 0.15) is 30.3 Å². The monoisotopic (exact) mass is 418 g/mol. The van der Waals surface area contributed by atoms with Crippen LogP contribution in [-0.2, 0) is 16.0 Å². The molecule has 1 saturated heterocycles. The second kappa shape index (κ2) is 9.20. The molecule has 6 nitrogen and oxygen atoms in total. The average Bonchev–Trinajstić information content (AvgIpc) is 3.20. The molecule has 0 atom stereocenters. The molecule has 1 aliphatic rings. The Kier molecular flexibility index (Phi) is 6.70. The quantitative estimate of drug-likeness (QED) is 0.546. The topological polar surface area (TPSA) is 75.2 Å². The summed E-state index contributed by atoms with van der Waals surface area (Å²) in [6.07, 6.45) is 4.74. The van der Waals surface area contributed by atoms with Gasteiger partial charge in [0, 0.05) is 6.42 Å². The molecule has 0 spiro atoms. The van der Waals surface area contributed by atoms with Crippen molar-refractivity contribution in [2.75, 3.05) is 11.9 Å². The number of nitrogens with zero attached hydrogens (tertiary/aromatic N) is 3. The van der Waals surface area contributed by atoms with Crippen molar-refractivity contribution in [3.63, 3.8) is 0 Å². The van der Waals surface area contributed by atoms with Gasteiger partial charge < -0.3 is 0 Å². The third kappa shape index (κ3) is 5.21. The molecule has 0 saturated carbocycles. The zero-order valence-electron chi connectivity index (χ0n) is 14.7. The van der Waals surface area contributed by atoms with E-state index in [9.17, 15) is 9.59 Å². The van der Waals surface area contributed by atoms with Crippen LogP contribution in [-0.4, -0.2) is 37.8 Å². The van der Waals surface area contributed by atoms with Crippen LogP contribution in [0.4, 0.5) is 5.13 Å². The molecule has 1 fully saturated rings. The van der Waals surface area contributed by atoms with Crippen LogP contribution in [0.25, 0.3) is 6.08 Å². The summed E-state index contributed by atoms with van der Waals surface area (Å²) >= 11 is 7.83. The average molecular weight is 419 g/mol. The molecule has 3 rings (SSSR count). The number of rotatable bonds is 7. The number of benzene rings is 1. The maximum Gasteiger partial charge on any atom is 0.266 e. The Morgan fingerprint density at radius 3 is 2.81 bits per heavy atom. The number of amides is 2. The third-order valence-electron chi connectivity index (χ3n) is 3.73. The van der Waals surface area contributed by atoms with Gasteiger partial charge in [-0.3, -0.25) is 19.8 Å². The van der Waals surface area contributed by atoms with Crippen molar-refractivity contribution in [1.82, 2.24) is 15.1 Å². The summed E-state index contributed by atoms with van der Waals surface area (Å²) in [5.74, 6) is -0.602. The Morgan fingerprint density at radius 1 is 1.30 bits per heavy atom. The zero-order chi connectivity index (χ0) is 19.2. The van der Waals surface area contributed by atoms with Crippen LogP contribution >= 0.6 is 35.3 Å². The fraction of sp³-hybridized carbons (Fsp3) is 0.278. The first kappa shape index (κ1) is 19.7. The van der Waals surface area contributed by atoms with Gasteiger partial charge in [0.1, 0.15) is 15.9 Å². The predicted octanol–water partition coefficient (Wildman–Crippen LogP) is 3.72. The first-order valence-electron chi connectivity index (χ1n) is 8.49. The summed E-state index contributed by atoms with van der Waals surface area (Å²) < 4.78 is 0.373. The second-order valence-electron chi connectivity index (χ2n) is 5.83. The minimum atomic E-state index is -0.342. The summed E-state index contributed by atoms with van der Waals surface area (Å²) in [7, 11) is 0. The maximum absolute atomic E-state index is 12.6. The van der Waals surface area contributed by atoms with E-state index in [1.54, 1.807) is 6.08 Å². The van der Waals surface area contributed by atoms with Crippen molar-refractivity contribution >= 4 is 62.7 Å². The van der Waals surface area contributed by atoms with Crippen molar-refractivity contribution in [2.45, 2.75) is 26.2 Å². The number of hydrogen-bond acceptors (Lipinski definition) is 7. The number of hydrogen-bond donors (Lipinski definition) is 1. The van der Waals surface area contributed by atoms with Crippen LogP contribution in [0, 0.1) is 0 Å². The van der Waals surface area contributed by atoms with Crippen molar-refractivity contribution in [3.05, 3.63) is 45.8 Å². The Bertz CT molecular complexity index is 880. The number of thioether (sulfide) groups is 1. The number of thiocarbonyl (C=S) groups is 1. The molecule has 9 heteroatoms. The molecule has 2 heterocycles. The molecule has 1 aromatic carbocycles. The van der Waals surface area contributed by atoms with Gasteiger partial charge in [-0.2, -0.15) is 0 Å². The zero-order valence-corrected chi connectivity index (χ0v) is 17.1. The van der Waals surface area contributed by atoms with Crippen LogP contribution in [0.15, 0.2) is 35.2 Å². The van der Waals surface area contributed by atoms with Crippen LogP contribution in [0.2, 0.25) is 0 Å². The van der Waals surface area contributed by atoms with Gasteiger partial charge in [-0.05, 0) is 18.1 Å². The van der Waals surface area contributed by atoms with E-state index in [1.807, 2.05) is 30.3 Å². The van der Waals surface area contributed by atoms with E-state index in [0.717, 1.165) is 29.8 Å². The van der Waals surface area contributed by atoms with Crippen LogP contribution in [0.5, 0.6) is 0 Å². The number of unbranched alkanes of at least 4 members (excludes halogenated alkanes) is 1. The van der Waals surface area contributed by atoms with Gasteiger partial charge in [0.25, 0.3) is 5.91 Å². The summed E-state index contributed by atoms with van der Waals surface area (Å²) in [5.41, 5.74) is 0.913. The maximum atomic E-state index is 12.6. The number of nitrogens with one attached hydrogen (secondary N) is 1. The summed E-state index contributed by atoms with van der Waals surface area (Å²) in [6, 6.07) is 9.53. The van der Waals surface area contributed by atoms with E-state index < -0.39 is 0 Å². The standard InChI is InChI=1S/C18H18N4O2S3/c1-2-3-9-15-20-21-17(27-15)19-14(23)11-22-16(24)13(26-18(22)25)10-12-7-5-4-6-8-12/h4-8,10H,2-3,9,11H2,1H3,(H,19,21,23)/b13-10-. The number of carbonyl (C=O) groups is 2. The Hall–Kier alpha value is -2.10. The normalized spacial score (nSPS) is 15.6. The third-order valence-corrected chi connectivity index (χ3v) is 6.01. The highest BCUT2D eigenvalue weighted by Crippen LogP contribution is 2.32. The smallest absolute Gasteiger partial charge is 0.266 e. The predicted molar refractivity (Wildman–Crippen MR) is 113 cm³/mol.